The quantitative estimate of drug-likeness (QED) is 0.775. The van der Waals surface area contributed by atoms with Crippen LogP contribution in [0.15, 0.2) is 10.8 Å². The zero-order valence-corrected chi connectivity index (χ0v) is 8.09. The largest absolute Gasteiger partial charge is 0.323 e. The molecule has 4 heteroatoms. The van der Waals surface area contributed by atoms with Crippen molar-refractivity contribution in [1.29, 1.82) is 0 Å². The van der Waals surface area contributed by atoms with Gasteiger partial charge < -0.3 is 5.73 Å². The summed E-state index contributed by atoms with van der Waals surface area (Å²) in [7, 11) is 0. The second-order valence-corrected chi connectivity index (χ2v) is 3.21. The molecule has 11 heavy (non-hydrogen) atoms. The lowest BCUT2D eigenvalue weighted by Gasteiger charge is -2.04. The fourth-order valence-corrected chi connectivity index (χ4v) is 0.895. The molecule has 0 amide bonds. The molecular weight excluding hydrogens is 206 g/mol. The molecule has 0 fully saturated rings. The highest BCUT2D eigenvalue weighted by molar-refractivity contribution is 9.10. The van der Waals surface area contributed by atoms with E-state index in [9.17, 15) is 0 Å². The summed E-state index contributed by atoms with van der Waals surface area (Å²) in [6.45, 7) is 3.78. The lowest BCUT2D eigenvalue weighted by atomic mass is 10.2. The average Bonchev–Trinajstić information content (AvgIpc) is 1.94. The predicted molar refractivity (Wildman–Crippen MR) is 47.1 cm³/mol. The highest BCUT2D eigenvalue weighted by Crippen LogP contribution is 2.12. The normalized spacial score (nSPS) is 13.1. The van der Waals surface area contributed by atoms with E-state index in [1.54, 1.807) is 6.20 Å². The first-order valence-corrected chi connectivity index (χ1v) is 4.15. The minimum Gasteiger partial charge on any atom is -0.323 e. The van der Waals surface area contributed by atoms with Gasteiger partial charge in [-0.2, -0.15) is 0 Å². The van der Waals surface area contributed by atoms with Gasteiger partial charge in [0.15, 0.2) is 0 Å². The summed E-state index contributed by atoms with van der Waals surface area (Å²) in [4.78, 5) is 8.31. The number of hydrogen-bond acceptors (Lipinski definition) is 3. The molecule has 0 radical (unpaired) electrons. The van der Waals surface area contributed by atoms with Crippen LogP contribution in [0.4, 0.5) is 0 Å². The maximum absolute atomic E-state index is 5.61. The number of hydrogen-bond donors (Lipinski definition) is 1. The Morgan fingerprint density at radius 3 is 2.73 bits per heavy atom. The van der Waals surface area contributed by atoms with Gasteiger partial charge >= 0.3 is 0 Å². The minimum absolute atomic E-state index is 0.0469. The third kappa shape index (κ3) is 1.97. The first-order valence-electron chi connectivity index (χ1n) is 3.36. The van der Waals surface area contributed by atoms with E-state index in [1.165, 1.54) is 0 Å². The molecule has 3 nitrogen and oxygen atoms in total. The molecule has 0 aliphatic carbocycles. The van der Waals surface area contributed by atoms with Gasteiger partial charge in [-0.1, -0.05) is 0 Å². The first-order chi connectivity index (χ1) is 5.11. The van der Waals surface area contributed by atoms with Crippen LogP contribution in [0.3, 0.4) is 0 Å². The van der Waals surface area contributed by atoms with Gasteiger partial charge in [0, 0.05) is 6.04 Å². The molecule has 0 aromatic carbocycles. The monoisotopic (exact) mass is 215 g/mol. The molecule has 0 spiro atoms. The van der Waals surface area contributed by atoms with Gasteiger partial charge in [-0.3, -0.25) is 4.98 Å². The zero-order valence-electron chi connectivity index (χ0n) is 6.50. The van der Waals surface area contributed by atoms with Crippen LogP contribution in [0.1, 0.15) is 24.4 Å². The molecular formula is C7H10BrN3. The number of nitrogens with zero attached hydrogens (tertiary/aromatic N) is 2. The maximum atomic E-state index is 5.61. The van der Waals surface area contributed by atoms with E-state index in [-0.39, 0.29) is 6.04 Å². The third-order valence-electron chi connectivity index (χ3n) is 1.37. The summed E-state index contributed by atoms with van der Waals surface area (Å²) < 4.78 is 0.780. The number of rotatable bonds is 1. The highest BCUT2D eigenvalue weighted by Gasteiger charge is 2.03. The average molecular weight is 216 g/mol. The van der Waals surface area contributed by atoms with E-state index in [2.05, 4.69) is 25.9 Å². The van der Waals surface area contributed by atoms with E-state index >= 15 is 0 Å². The molecule has 60 valence electrons. The van der Waals surface area contributed by atoms with Crippen LogP contribution in [0.5, 0.6) is 0 Å². The Labute approximate surface area is 74.2 Å². The van der Waals surface area contributed by atoms with Crippen molar-refractivity contribution < 1.29 is 0 Å². The van der Waals surface area contributed by atoms with Crippen LogP contribution in [0.25, 0.3) is 0 Å². The van der Waals surface area contributed by atoms with Gasteiger partial charge in [-0.25, -0.2) is 4.98 Å². The van der Waals surface area contributed by atoms with Crippen LogP contribution < -0.4 is 5.73 Å². The summed E-state index contributed by atoms with van der Waals surface area (Å²) in [5, 5.41) is 0. The van der Waals surface area contributed by atoms with Crippen molar-refractivity contribution in [2.45, 2.75) is 19.9 Å². The second-order valence-electron chi connectivity index (χ2n) is 2.46. The van der Waals surface area contributed by atoms with Crippen molar-refractivity contribution in [3.8, 4) is 0 Å². The SMILES string of the molecule is Cc1nc(C(C)N)cnc1Br. The Kier molecular flexibility index (Phi) is 2.57. The Morgan fingerprint density at radius 1 is 1.64 bits per heavy atom. The number of halogens is 1. The summed E-state index contributed by atoms with van der Waals surface area (Å²) in [6.07, 6.45) is 1.68. The fourth-order valence-electron chi connectivity index (χ4n) is 0.704. The smallest absolute Gasteiger partial charge is 0.127 e. The van der Waals surface area contributed by atoms with Gasteiger partial charge in [0.1, 0.15) is 4.60 Å². The molecule has 0 aliphatic rings. The molecule has 0 saturated carbocycles. The fraction of sp³-hybridized carbons (Fsp3) is 0.429. The second kappa shape index (κ2) is 3.28. The van der Waals surface area contributed by atoms with Crippen LogP contribution >= 0.6 is 15.9 Å². The van der Waals surface area contributed by atoms with Crippen molar-refractivity contribution >= 4 is 15.9 Å². The molecule has 0 saturated heterocycles. The molecule has 1 heterocycles. The zero-order chi connectivity index (χ0) is 8.43. The molecule has 1 unspecified atom stereocenters. The van der Waals surface area contributed by atoms with E-state index < -0.39 is 0 Å². The highest BCUT2D eigenvalue weighted by atomic mass is 79.9. The van der Waals surface area contributed by atoms with E-state index in [0.29, 0.717) is 0 Å². The van der Waals surface area contributed by atoms with Gasteiger partial charge in [-0.15, -0.1) is 0 Å². The standard InChI is InChI=1S/C7H10BrN3/c1-4(9)6-3-10-7(8)5(2)11-6/h3-4H,9H2,1-2H3. The molecule has 1 rings (SSSR count). The molecule has 1 aromatic rings. The van der Waals surface area contributed by atoms with Crippen LogP contribution in [0.2, 0.25) is 0 Å². The van der Waals surface area contributed by atoms with Crippen LogP contribution in [0, 0.1) is 6.92 Å². The van der Waals surface area contributed by atoms with E-state index in [1.807, 2.05) is 13.8 Å². The Balaban J connectivity index is 3.05. The lowest BCUT2D eigenvalue weighted by molar-refractivity contribution is 0.763. The molecule has 1 atom stereocenters. The summed E-state index contributed by atoms with van der Waals surface area (Å²) >= 11 is 3.26. The van der Waals surface area contributed by atoms with Gasteiger partial charge in [-0.05, 0) is 29.8 Å². The molecule has 1 aromatic heterocycles. The van der Waals surface area contributed by atoms with Gasteiger partial charge in [0.25, 0.3) is 0 Å². The van der Waals surface area contributed by atoms with E-state index in [4.69, 9.17) is 5.73 Å². The topological polar surface area (TPSA) is 51.8 Å². The molecule has 0 aliphatic heterocycles. The summed E-state index contributed by atoms with van der Waals surface area (Å²) in [5.41, 5.74) is 7.31. The Bertz CT molecular complexity index is 260. The number of aryl methyl sites for hydroxylation is 1. The van der Waals surface area contributed by atoms with Crippen molar-refractivity contribution in [2.75, 3.05) is 0 Å². The first kappa shape index (κ1) is 8.62. The molecule has 0 bridgehead atoms. The molecule has 2 N–H and O–H groups in total. The van der Waals surface area contributed by atoms with Crippen molar-refractivity contribution in [1.82, 2.24) is 9.97 Å². The van der Waals surface area contributed by atoms with Crippen molar-refractivity contribution in [3.63, 3.8) is 0 Å². The Morgan fingerprint density at radius 2 is 2.27 bits per heavy atom. The maximum Gasteiger partial charge on any atom is 0.127 e. The number of nitrogens with two attached hydrogens (primary N) is 1. The number of aromatic nitrogens is 2. The van der Waals surface area contributed by atoms with Crippen LogP contribution in [-0.2, 0) is 0 Å². The van der Waals surface area contributed by atoms with Crippen LogP contribution in [-0.4, -0.2) is 9.97 Å². The summed E-state index contributed by atoms with van der Waals surface area (Å²) in [5.74, 6) is 0. The lowest BCUT2D eigenvalue weighted by Crippen LogP contribution is -2.08. The van der Waals surface area contributed by atoms with Gasteiger partial charge in [0.05, 0.1) is 17.6 Å². The summed E-state index contributed by atoms with van der Waals surface area (Å²) in [6, 6.07) is -0.0469. The minimum atomic E-state index is -0.0469. The van der Waals surface area contributed by atoms with Crippen molar-refractivity contribution in [3.05, 3.63) is 22.2 Å². The van der Waals surface area contributed by atoms with E-state index in [0.717, 1.165) is 16.0 Å². The Hall–Kier alpha value is -0.480. The third-order valence-corrected chi connectivity index (χ3v) is 2.15. The van der Waals surface area contributed by atoms with Crippen molar-refractivity contribution in [2.24, 2.45) is 5.73 Å². The predicted octanol–water partition coefficient (Wildman–Crippen LogP) is 1.57. The van der Waals surface area contributed by atoms with Gasteiger partial charge in [0.2, 0.25) is 0 Å².